The number of hydrogen-bond donors (Lipinski definition) is 1. The Morgan fingerprint density at radius 3 is 2.53 bits per heavy atom. The fourth-order valence-corrected chi connectivity index (χ4v) is 1.71. The first-order valence-corrected chi connectivity index (χ1v) is 4.80. The van der Waals surface area contributed by atoms with Crippen LogP contribution in [0.2, 0.25) is 0 Å². The van der Waals surface area contributed by atoms with Crippen LogP contribution in [0.15, 0.2) is 0 Å². The molecular formula is C9H15F3N2O. The lowest BCUT2D eigenvalue weighted by Crippen LogP contribution is -2.60. The SMILES string of the molecule is CC1(C)CNCCN1C(=O)CC(F)(F)F. The molecule has 1 aliphatic heterocycles. The van der Waals surface area contributed by atoms with Crippen molar-refractivity contribution < 1.29 is 18.0 Å². The van der Waals surface area contributed by atoms with Crippen molar-refractivity contribution in [1.82, 2.24) is 10.2 Å². The summed E-state index contributed by atoms with van der Waals surface area (Å²) in [6.45, 7) is 4.92. The molecule has 6 heteroatoms. The molecule has 88 valence electrons. The van der Waals surface area contributed by atoms with E-state index in [1.54, 1.807) is 13.8 Å². The predicted molar refractivity (Wildman–Crippen MR) is 49.3 cm³/mol. The second-order valence-corrected chi connectivity index (χ2v) is 4.33. The summed E-state index contributed by atoms with van der Waals surface area (Å²) in [6, 6.07) is 0. The van der Waals surface area contributed by atoms with Crippen molar-refractivity contribution in [1.29, 1.82) is 0 Å². The fourth-order valence-electron chi connectivity index (χ4n) is 1.71. The summed E-state index contributed by atoms with van der Waals surface area (Å²) in [5, 5.41) is 3.05. The van der Waals surface area contributed by atoms with Gasteiger partial charge in [0.05, 0.1) is 0 Å². The number of carbonyl (C=O) groups is 1. The van der Waals surface area contributed by atoms with Crippen LogP contribution >= 0.6 is 0 Å². The topological polar surface area (TPSA) is 32.3 Å². The van der Waals surface area contributed by atoms with Gasteiger partial charge in [-0.15, -0.1) is 0 Å². The average Bonchev–Trinajstić information content (AvgIpc) is 1.99. The highest BCUT2D eigenvalue weighted by Crippen LogP contribution is 2.24. The van der Waals surface area contributed by atoms with Gasteiger partial charge in [-0.2, -0.15) is 13.2 Å². The van der Waals surface area contributed by atoms with E-state index in [-0.39, 0.29) is 0 Å². The number of nitrogens with zero attached hydrogens (tertiary/aromatic N) is 1. The van der Waals surface area contributed by atoms with Gasteiger partial charge in [0.1, 0.15) is 6.42 Å². The second-order valence-electron chi connectivity index (χ2n) is 4.33. The minimum Gasteiger partial charge on any atom is -0.335 e. The molecule has 15 heavy (non-hydrogen) atoms. The number of halogens is 3. The van der Waals surface area contributed by atoms with Crippen molar-refractivity contribution >= 4 is 5.91 Å². The molecule has 0 aromatic heterocycles. The third-order valence-corrected chi connectivity index (χ3v) is 2.45. The summed E-state index contributed by atoms with van der Waals surface area (Å²) in [7, 11) is 0. The summed E-state index contributed by atoms with van der Waals surface area (Å²) in [6.07, 6.45) is -5.78. The van der Waals surface area contributed by atoms with E-state index in [1.807, 2.05) is 0 Å². The summed E-state index contributed by atoms with van der Waals surface area (Å²) < 4.78 is 36.1. The van der Waals surface area contributed by atoms with E-state index in [9.17, 15) is 18.0 Å². The summed E-state index contributed by atoms with van der Waals surface area (Å²) in [5.74, 6) is -0.839. The number of piperazine rings is 1. The Bertz CT molecular complexity index is 250. The van der Waals surface area contributed by atoms with Crippen molar-refractivity contribution in [3.63, 3.8) is 0 Å². The Morgan fingerprint density at radius 2 is 2.07 bits per heavy atom. The Kier molecular flexibility index (Phi) is 3.28. The van der Waals surface area contributed by atoms with Crippen LogP contribution < -0.4 is 5.32 Å². The van der Waals surface area contributed by atoms with Crippen LogP contribution in [0.1, 0.15) is 20.3 Å². The maximum Gasteiger partial charge on any atom is 0.397 e. The Morgan fingerprint density at radius 1 is 1.47 bits per heavy atom. The van der Waals surface area contributed by atoms with Gasteiger partial charge in [0, 0.05) is 25.2 Å². The standard InChI is InChI=1S/C9H15F3N2O/c1-8(2)6-13-3-4-14(8)7(15)5-9(10,11)12/h13H,3-6H2,1-2H3. The number of amides is 1. The number of alkyl halides is 3. The van der Waals surface area contributed by atoms with E-state index in [2.05, 4.69) is 5.32 Å². The Labute approximate surface area is 86.6 Å². The molecule has 0 saturated carbocycles. The van der Waals surface area contributed by atoms with Crippen LogP contribution in [-0.2, 0) is 4.79 Å². The highest BCUT2D eigenvalue weighted by molar-refractivity contribution is 5.77. The number of nitrogens with one attached hydrogen (secondary N) is 1. The minimum atomic E-state index is -4.42. The Balaban J connectivity index is 2.65. The van der Waals surface area contributed by atoms with Crippen LogP contribution in [0.3, 0.4) is 0 Å². The normalized spacial score (nSPS) is 21.5. The molecular weight excluding hydrogens is 209 g/mol. The van der Waals surface area contributed by atoms with Gasteiger partial charge in [0.25, 0.3) is 0 Å². The fraction of sp³-hybridized carbons (Fsp3) is 0.889. The lowest BCUT2D eigenvalue weighted by Gasteiger charge is -2.43. The highest BCUT2D eigenvalue weighted by Gasteiger charge is 2.39. The molecule has 0 unspecified atom stereocenters. The largest absolute Gasteiger partial charge is 0.397 e. The molecule has 0 spiro atoms. The number of hydrogen-bond acceptors (Lipinski definition) is 2. The van der Waals surface area contributed by atoms with Crippen LogP contribution in [0.4, 0.5) is 13.2 Å². The first-order valence-electron chi connectivity index (χ1n) is 4.80. The van der Waals surface area contributed by atoms with E-state index < -0.39 is 24.0 Å². The van der Waals surface area contributed by atoms with Gasteiger partial charge in [0.15, 0.2) is 0 Å². The first kappa shape index (κ1) is 12.3. The van der Waals surface area contributed by atoms with E-state index in [0.717, 1.165) is 0 Å². The molecule has 1 saturated heterocycles. The van der Waals surface area contributed by atoms with Crippen molar-refractivity contribution in [2.24, 2.45) is 0 Å². The molecule has 1 rings (SSSR count). The maximum atomic E-state index is 12.0. The molecule has 3 nitrogen and oxygen atoms in total. The summed E-state index contributed by atoms with van der Waals surface area (Å²) in [5.41, 5.74) is -0.541. The van der Waals surface area contributed by atoms with Gasteiger partial charge >= 0.3 is 6.18 Å². The smallest absolute Gasteiger partial charge is 0.335 e. The van der Waals surface area contributed by atoms with E-state index in [4.69, 9.17) is 0 Å². The molecule has 1 N–H and O–H groups in total. The Hall–Kier alpha value is -0.780. The van der Waals surface area contributed by atoms with E-state index >= 15 is 0 Å². The van der Waals surface area contributed by atoms with Crippen LogP contribution in [0.5, 0.6) is 0 Å². The van der Waals surface area contributed by atoms with Gasteiger partial charge in [-0.1, -0.05) is 0 Å². The highest BCUT2D eigenvalue weighted by atomic mass is 19.4. The zero-order valence-corrected chi connectivity index (χ0v) is 8.82. The van der Waals surface area contributed by atoms with Crippen molar-refractivity contribution in [3.8, 4) is 0 Å². The van der Waals surface area contributed by atoms with Gasteiger partial charge in [-0.05, 0) is 13.8 Å². The van der Waals surface area contributed by atoms with Gasteiger partial charge in [-0.3, -0.25) is 4.79 Å². The number of rotatable bonds is 1. The first-order chi connectivity index (χ1) is 6.72. The van der Waals surface area contributed by atoms with Gasteiger partial charge < -0.3 is 10.2 Å². The average molecular weight is 224 g/mol. The van der Waals surface area contributed by atoms with E-state index in [0.29, 0.717) is 19.6 Å². The maximum absolute atomic E-state index is 12.0. The van der Waals surface area contributed by atoms with Gasteiger partial charge in [0.2, 0.25) is 5.91 Å². The molecule has 0 radical (unpaired) electrons. The molecule has 1 heterocycles. The van der Waals surface area contributed by atoms with Crippen molar-refractivity contribution in [3.05, 3.63) is 0 Å². The molecule has 1 amide bonds. The predicted octanol–water partition coefficient (Wildman–Crippen LogP) is 1.15. The van der Waals surface area contributed by atoms with Crippen molar-refractivity contribution in [2.75, 3.05) is 19.6 Å². The van der Waals surface area contributed by atoms with Crippen LogP contribution in [0.25, 0.3) is 0 Å². The lowest BCUT2D eigenvalue weighted by atomic mass is 9.99. The van der Waals surface area contributed by atoms with Crippen LogP contribution in [-0.4, -0.2) is 42.2 Å². The molecule has 1 fully saturated rings. The molecule has 0 aromatic carbocycles. The zero-order chi connectivity index (χ0) is 11.7. The van der Waals surface area contributed by atoms with E-state index in [1.165, 1.54) is 4.90 Å². The number of carbonyl (C=O) groups excluding carboxylic acids is 1. The third kappa shape index (κ3) is 3.37. The quantitative estimate of drug-likeness (QED) is 0.724. The van der Waals surface area contributed by atoms with Gasteiger partial charge in [-0.25, -0.2) is 0 Å². The molecule has 0 aromatic rings. The summed E-state index contributed by atoms with van der Waals surface area (Å²) >= 11 is 0. The zero-order valence-electron chi connectivity index (χ0n) is 8.82. The molecule has 0 aliphatic carbocycles. The summed E-state index contributed by atoms with van der Waals surface area (Å²) in [4.78, 5) is 12.7. The minimum absolute atomic E-state index is 0.335. The second kappa shape index (κ2) is 4.00. The van der Waals surface area contributed by atoms with Crippen molar-refractivity contribution in [2.45, 2.75) is 32.0 Å². The third-order valence-electron chi connectivity index (χ3n) is 2.45. The monoisotopic (exact) mass is 224 g/mol. The molecule has 1 aliphatic rings. The molecule has 0 bridgehead atoms. The van der Waals surface area contributed by atoms with Crippen LogP contribution in [0, 0.1) is 0 Å². The molecule has 0 atom stereocenters. The lowest BCUT2D eigenvalue weighted by molar-refractivity contribution is -0.166.